The van der Waals surface area contributed by atoms with Crippen LogP contribution in [0.3, 0.4) is 0 Å². The van der Waals surface area contributed by atoms with Crippen molar-refractivity contribution in [3.63, 3.8) is 0 Å². The first kappa shape index (κ1) is 17.5. The first-order chi connectivity index (χ1) is 11.0. The van der Waals surface area contributed by atoms with Crippen LogP contribution in [0, 0.1) is 6.92 Å². The van der Waals surface area contributed by atoms with Gasteiger partial charge in [-0.05, 0) is 31.4 Å². The molecule has 0 atom stereocenters. The molecule has 0 unspecified atom stereocenters. The number of rotatable bonds is 5. The van der Waals surface area contributed by atoms with Gasteiger partial charge in [-0.25, -0.2) is 0 Å². The van der Waals surface area contributed by atoms with E-state index in [9.17, 15) is 14.7 Å². The molecule has 5 heteroatoms. The third-order valence-electron chi connectivity index (χ3n) is 4.45. The van der Waals surface area contributed by atoms with E-state index in [1.807, 2.05) is 19.1 Å². The van der Waals surface area contributed by atoms with Gasteiger partial charge in [0.1, 0.15) is 0 Å². The molecule has 1 aromatic carbocycles. The van der Waals surface area contributed by atoms with Crippen molar-refractivity contribution in [3.05, 3.63) is 35.4 Å². The van der Waals surface area contributed by atoms with Crippen molar-refractivity contribution in [2.24, 2.45) is 0 Å². The third kappa shape index (κ3) is 5.36. The second-order valence-corrected chi connectivity index (χ2v) is 6.41. The van der Waals surface area contributed by atoms with Crippen LogP contribution in [0.1, 0.15) is 54.4 Å². The second-order valence-electron chi connectivity index (χ2n) is 6.41. The molecular formula is C18H26N2O3. The molecule has 0 aliphatic heterocycles. The highest BCUT2D eigenvalue weighted by Crippen LogP contribution is 2.26. The van der Waals surface area contributed by atoms with Gasteiger partial charge < -0.3 is 15.7 Å². The lowest BCUT2D eigenvalue weighted by atomic mass is 9.94. The summed E-state index contributed by atoms with van der Waals surface area (Å²) in [7, 11) is 0. The SMILES string of the molecule is Cc1ccccc1C(=O)NCC(=O)NCC1(O)CCCCCC1. The lowest BCUT2D eigenvalue weighted by molar-refractivity contribution is -0.121. The molecule has 1 aromatic rings. The topological polar surface area (TPSA) is 78.4 Å². The minimum Gasteiger partial charge on any atom is -0.388 e. The lowest BCUT2D eigenvalue weighted by Gasteiger charge is -2.26. The van der Waals surface area contributed by atoms with Gasteiger partial charge in [-0.15, -0.1) is 0 Å². The average molecular weight is 318 g/mol. The Bertz CT molecular complexity index is 549. The zero-order valence-electron chi connectivity index (χ0n) is 13.7. The number of amides is 2. The summed E-state index contributed by atoms with van der Waals surface area (Å²) in [6.07, 6.45) is 5.73. The van der Waals surface area contributed by atoms with Gasteiger partial charge in [0, 0.05) is 12.1 Å². The maximum absolute atomic E-state index is 12.0. The molecule has 3 N–H and O–H groups in total. The van der Waals surface area contributed by atoms with E-state index in [4.69, 9.17) is 0 Å². The Hall–Kier alpha value is -1.88. The summed E-state index contributed by atoms with van der Waals surface area (Å²) in [5, 5.41) is 15.8. The minimum absolute atomic E-state index is 0.0801. The second kappa shape index (κ2) is 8.11. The van der Waals surface area contributed by atoms with Gasteiger partial charge in [-0.1, -0.05) is 43.9 Å². The molecule has 0 radical (unpaired) electrons. The lowest BCUT2D eigenvalue weighted by Crippen LogP contribution is -2.45. The van der Waals surface area contributed by atoms with E-state index in [-0.39, 0.29) is 24.9 Å². The molecule has 5 nitrogen and oxygen atoms in total. The molecule has 0 heterocycles. The van der Waals surface area contributed by atoms with Crippen LogP contribution in [0.5, 0.6) is 0 Å². The van der Waals surface area contributed by atoms with Gasteiger partial charge in [0.05, 0.1) is 12.1 Å². The standard InChI is InChI=1S/C18H26N2O3/c1-14-8-4-5-9-15(14)17(22)19-12-16(21)20-13-18(23)10-6-2-3-7-11-18/h4-5,8-9,23H,2-3,6-7,10-13H2,1H3,(H,19,22)(H,20,21). The number of hydrogen-bond donors (Lipinski definition) is 3. The van der Waals surface area contributed by atoms with Gasteiger partial charge in [-0.2, -0.15) is 0 Å². The van der Waals surface area contributed by atoms with Crippen molar-refractivity contribution in [1.29, 1.82) is 0 Å². The summed E-state index contributed by atoms with van der Waals surface area (Å²) in [6, 6.07) is 7.25. The van der Waals surface area contributed by atoms with Gasteiger partial charge in [0.15, 0.2) is 0 Å². The Morgan fingerprint density at radius 1 is 1.09 bits per heavy atom. The zero-order valence-corrected chi connectivity index (χ0v) is 13.7. The van der Waals surface area contributed by atoms with Crippen LogP contribution in [0.25, 0.3) is 0 Å². The minimum atomic E-state index is -0.799. The smallest absolute Gasteiger partial charge is 0.251 e. The molecule has 0 saturated heterocycles. The fourth-order valence-electron chi connectivity index (χ4n) is 2.97. The van der Waals surface area contributed by atoms with Crippen molar-refractivity contribution in [3.8, 4) is 0 Å². The first-order valence-electron chi connectivity index (χ1n) is 8.33. The molecule has 1 saturated carbocycles. The normalized spacial score (nSPS) is 17.1. The third-order valence-corrected chi connectivity index (χ3v) is 4.45. The van der Waals surface area contributed by atoms with E-state index in [0.717, 1.165) is 44.1 Å². The molecule has 2 rings (SSSR count). The van der Waals surface area contributed by atoms with E-state index < -0.39 is 5.60 Å². The number of nitrogens with one attached hydrogen (secondary N) is 2. The monoisotopic (exact) mass is 318 g/mol. The fraction of sp³-hybridized carbons (Fsp3) is 0.556. The highest BCUT2D eigenvalue weighted by atomic mass is 16.3. The van der Waals surface area contributed by atoms with Crippen LogP contribution >= 0.6 is 0 Å². The van der Waals surface area contributed by atoms with Crippen molar-refractivity contribution < 1.29 is 14.7 Å². The Kier molecular flexibility index (Phi) is 6.16. The van der Waals surface area contributed by atoms with E-state index >= 15 is 0 Å². The van der Waals surface area contributed by atoms with Crippen LogP contribution in [0.2, 0.25) is 0 Å². The van der Waals surface area contributed by atoms with Crippen molar-refractivity contribution >= 4 is 11.8 Å². The summed E-state index contributed by atoms with van der Waals surface area (Å²) in [5.41, 5.74) is 0.646. The van der Waals surface area contributed by atoms with E-state index in [1.165, 1.54) is 0 Å². The molecule has 23 heavy (non-hydrogen) atoms. The van der Waals surface area contributed by atoms with E-state index in [0.29, 0.717) is 5.56 Å². The molecule has 126 valence electrons. The van der Waals surface area contributed by atoms with Crippen LogP contribution in [0.15, 0.2) is 24.3 Å². The molecule has 0 bridgehead atoms. The Morgan fingerprint density at radius 3 is 2.39 bits per heavy atom. The summed E-state index contributed by atoms with van der Waals surface area (Å²) >= 11 is 0. The predicted octanol–water partition coefficient (Wildman–Crippen LogP) is 1.93. The fourth-order valence-corrected chi connectivity index (χ4v) is 2.97. The number of benzene rings is 1. The Labute approximate surface area is 137 Å². The number of carbonyl (C=O) groups is 2. The van der Waals surface area contributed by atoms with Crippen LogP contribution < -0.4 is 10.6 Å². The van der Waals surface area contributed by atoms with Gasteiger partial charge >= 0.3 is 0 Å². The van der Waals surface area contributed by atoms with Crippen LogP contribution in [0.4, 0.5) is 0 Å². The number of hydrogen-bond acceptors (Lipinski definition) is 3. The van der Waals surface area contributed by atoms with Gasteiger partial charge in [0.2, 0.25) is 5.91 Å². The highest BCUT2D eigenvalue weighted by Gasteiger charge is 2.28. The summed E-state index contributed by atoms with van der Waals surface area (Å²) in [5.74, 6) is -0.531. The average Bonchev–Trinajstić information content (AvgIpc) is 2.76. The number of carbonyl (C=O) groups excluding carboxylic acids is 2. The first-order valence-corrected chi connectivity index (χ1v) is 8.33. The molecule has 0 spiro atoms. The summed E-state index contributed by atoms with van der Waals surface area (Å²) < 4.78 is 0. The molecule has 0 aromatic heterocycles. The predicted molar refractivity (Wildman–Crippen MR) is 89.2 cm³/mol. The van der Waals surface area contributed by atoms with Gasteiger partial charge in [-0.3, -0.25) is 9.59 Å². The number of aliphatic hydroxyl groups is 1. The molecule has 1 fully saturated rings. The molecule has 2 amide bonds. The highest BCUT2D eigenvalue weighted by molar-refractivity contribution is 5.97. The largest absolute Gasteiger partial charge is 0.388 e. The maximum atomic E-state index is 12.0. The van der Waals surface area contributed by atoms with E-state index in [1.54, 1.807) is 12.1 Å². The van der Waals surface area contributed by atoms with Crippen molar-refractivity contribution in [1.82, 2.24) is 10.6 Å². The van der Waals surface area contributed by atoms with Crippen LogP contribution in [-0.4, -0.2) is 35.6 Å². The zero-order chi connectivity index (χ0) is 16.7. The van der Waals surface area contributed by atoms with Crippen LogP contribution in [-0.2, 0) is 4.79 Å². The molecule has 1 aliphatic rings. The Balaban J connectivity index is 1.77. The van der Waals surface area contributed by atoms with Crippen molar-refractivity contribution in [2.75, 3.05) is 13.1 Å². The summed E-state index contributed by atoms with van der Waals surface area (Å²) in [4.78, 5) is 23.9. The maximum Gasteiger partial charge on any atom is 0.251 e. The Morgan fingerprint density at radius 2 is 1.74 bits per heavy atom. The van der Waals surface area contributed by atoms with Gasteiger partial charge in [0.25, 0.3) is 5.91 Å². The molecule has 1 aliphatic carbocycles. The van der Waals surface area contributed by atoms with Crippen molar-refractivity contribution in [2.45, 2.75) is 51.0 Å². The number of aryl methyl sites for hydroxylation is 1. The summed E-state index contributed by atoms with van der Waals surface area (Å²) in [6.45, 7) is 2.03. The quantitative estimate of drug-likeness (QED) is 0.726. The molecular weight excluding hydrogens is 292 g/mol. The van der Waals surface area contributed by atoms with E-state index in [2.05, 4.69) is 10.6 Å².